The van der Waals surface area contributed by atoms with Gasteiger partial charge in [0.1, 0.15) is 23.8 Å². The number of fused-ring (bicyclic) bond motifs is 1. The maximum Gasteiger partial charge on any atom is 0.164 e. The van der Waals surface area contributed by atoms with Gasteiger partial charge in [-0.2, -0.15) is 5.26 Å². The Morgan fingerprint density at radius 2 is 2.09 bits per heavy atom. The van der Waals surface area contributed by atoms with Crippen molar-refractivity contribution in [1.29, 1.82) is 5.26 Å². The number of alkyl halides is 1. The van der Waals surface area contributed by atoms with Crippen LogP contribution in [0.3, 0.4) is 0 Å². The summed E-state index contributed by atoms with van der Waals surface area (Å²) in [7, 11) is 0. The highest BCUT2D eigenvalue weighted by molar-refractivity contribution is 8.15. The zero-order valence-corrected chi connectivity index (χ0v) is 18.3. The number of anilines is 2. The number of nitrogens with zero attached hydrogens (tertiary/aromatic N) is 4. The van der Waals surface area contributed by atoms with Crippen LogP contribution in [-0.4, -0.2) is 38.3 Å². The van der Waals surface area contributed by atoms with E-state index < -0.39 is 28.6 Å². The maximum absolute atomic E-state index is 14.9. The van der Waals surface area contributed by atoms with Crippen molar-refractivity contribution < 1.29 is 18.3 Å². The van der Waals surface area contributed by atoms with Gasteiger partial charge in [0.05, 0.1) is 12.2 Å². The van der Waals surface area contributed by atoms with Gasteiger partial charge in [0.25, 0.3) is 0 Å². The number of aliphatic hydroxyl groups is 1. The smallest absolute Gasteiger partial charge is 0.164 e. The molecule has 1 aliphatic heterocycles. The number of hydrogen-bond donors (Lipinski definition) is 3. The molecule has 0 saturated carbocycles. The minimum absolute atomic E-state index is 0.0261. The molecule has 0 bridgehead atoms. The van der Waals surface area contributed by atoms with E-state index in [0.717, 1.165) is 17.8 Å². The van der Waals surface area contributed by atoms with E-state index in [0.29, 0.717) is 16.5 Å². The summed E-state index contributed by atoms with van der Waals surface area (Å²) in [6, 6.07) is 7.46. The largest absolute Gasteiger partial charge is 0.395 e. The van der Waals surface area contributed by atoms with Crippen molar-refractivity contribution >= 4 is 39.3 Å². The predicted octanol–water partition coefficient (Wildman–Crippen LogP) is 3.89. The van der Waals surface area contributed by atoms with E-state index in [4.69, 9.17) is 11.0 Å². The molecule has 11 heteroatoms. The third-order valence-corrected chi connectivity index (χ3v) is 6.48. The van der Waals surface area contributed by atoms with Gasteiger partial charge in [0.15, 0.2) is 22.6 Å². The Morgan fingerprint density at radius 1 is 1.30 bits per heavy atom. The van der Waals surface area contributed by atoms with E-state index in [1.807, 2.05) is 6.07 Å². The highest BCUT2D eigenvalue weighted by Crippen LogP contribution is 2.47. The molecule has 2 atom stereocenters. The number of nitrogens with two attached hydrogens (primary N) is 1. The van der Waals surface area contributed by atoms with Crippen LogP contribution in [0.1, 0.15) is 24.5 Å². The Morgan fingerprint density at radius 3 is 2.79 bits per heavy atom. The SMILES string of the molecule is C[C@]1(CO)C[C@@](CF)(c2cc(Nc3nccc4cc(C#N)cnc34)cc(F)c2F)N=C(N)S1. The summed E-state index contributed by atoms with van der Waals surface area (Å²) in [5, 5.41) is 22.3. The maximum atomic E-state index is 14.9. The van der Waals surface area contributed by atoms with E-state index in [1.165, 1.54) is 18.5 Å². The summed E-state index contributed by atoms with van der Waals surface area (Å²) < 4.78 is 43.1. The number of nitrogens with one attached hydrogen (secondary N) is 1. The van der Waals surface area contributed by atoms with Gasteiger partial charge in [-0.25, -0.2) is 23.1 Å². The zero-order valence-electron chi connectivity index (χ0n) is 17.4. The minimum atomic E-state index is -1.80. The molecule has 7 nitrogen and oxygen atoms in total. The van der Waals surface area contributed by atoms with Crippen LogP contribution in [0.25, 0.3) is 10.9 Å². The van der Waals surface area contributed by atoms with Crippen LogP contribution >= 0.6 is 11.8 Å². The van der Waals surface area contributed by atoms with Crippen LogP contribution in [0.2, 0.25) is 0 Å². The number of rotatable bonds is 5. The van der Waals surface area contributed by atoms with E-state index >= 15 is 0 Å². The fraction of sp³-hybridized carbons (Fsp3) is 0.273. The number of aromatic nitrogens is 2. The number of nitriles is 1. The van der Waals surface area contributed by atoms with Gasteiger partial charge in [-0.05, 0) is 31.5 Å². The number of aliphatic imine (C=N–C) groups is 1. The summed E-state index contributed by atoms with van der Waals surface area (Å²) in [5.74, 6) is -2.21. The van der Waals surface area contributed by atoms with Crippen LogP contribution in [0.15, 0.2) is 41.7 Å². The summed E-state index contributed by atoms with van der Waals surface area (Å²) in [5.41, 5.74) is 4.61. The summed E-state index contributed by atoms with van der Waals surface area (Å²) >= 11 is 1.06. The Kier molecular flexibility index (Phi) is 5.90. The number of halogens is 3. The Bertz CT molecular complexity index is 1310. The average Bonchev–Trinajstić information content (AvgIpc) is 2.80. The molecule has 0 radical (unpaired) electrons. The number of pyridine rings is 2. The van der Waals surface area contributed by atoms with E-state index in [-0.39, 0.29) is 35.3 Å². The highest BCUT2D eigenvalue weighted by Gasteiger charge is 2.47. The average molecular weight is 472 g/mol. The molecule has 33 heavy (non-hydrogen) atoms. The molecule has 0 amide bonds. The first-order valence-corrected chi connectivity index (χ1v) is 10.7. The lowest BCUT2D eigenvalue weighted by Gasteiger charge is -2.41. The van der Waals surface area contributed by atoms with Crippen molar-refractivity contribution in [3.05, 3.63) is 59.4 Å². The first-order chi connectivity index (χ1) is 15.7. The number of thioether (sulfide) groups is 1. The van der Waals surface area contributed by atoms with Crippen molar-refractivity contribution in [3.63, 3.8) is 0 Å². The van der Waals surface area contributed by atoms with Gasteiger partial charge in [0, 0.05) is 39.8 Å². The third-order valence-electron chi connectivity index (χ3n) is 5.42. The normalized spacial score (nSPS) is 22.6. The summed E-state index contributed by atoms with van der Waals surface area (Å²) in [6.45, 7) is 0.157. The lowest BCUT2D eigenvalue weighted by atomic mass is 9.82. The second-order valence-corrected chi connectivity index (χ2v) is 9.62. The van der Waals surface area contributed by atoms with Gasteiger partial charge < -0.3 is 16.2 Å². The monoisotopic (exact) mass is 472 g/mol. The van der Waals surface area contributed by atoms with Crippen molar-refractivity contribution in [2.24, 2.45) is 10.7 Å². The van der Waals surface area contributed by atoms with Crippen LogP contribution < -0.4 is 11.1 Å². The lowest BCUT2D eigenvalue weighted by molar-refractivity contribution is 0.198. The molecule has 0 fully saturated rings. The summed E-state index contributed by atoms with van der Waals surface area (Å²) in [4.78, 5) is 12.6. The van der Waals surface area contributed by atoms with Crippen molar-refractivity contribution in [1.82, 2.24) is 9.97 Å². The fourth-order valence-corrected chi connectivity index (χ4v) is 5.02. The summed E-state index contributed by atoms with van der Waals surface area (Å²) in [6.07, 6.45) is 2.76. The molecule has 0 saturated heterocycles. The second-order valence-electron chi connectivity index (χ2n) is 8.01. The standard InChI is InChI=1S/C22H19F3N6OS/c1-21(11-32)9-22(10-23,31-20(27)33-21)15-5-14(6-16(24)17(15)25)30-19-18-13(2-3-28-19)4-12(7-26)8-29-18/h2-6,8,32H,9-11H2,1H3,(H2,27,31)(H,28,30)/t21-,22-/m1/s1. The van der Waals surface area contributed by atoms with Crippen molar-refractivity contribution in [2.45, 2.75) is 23.6 Å². The predicted molar refractivity (Wildman–Crippen MR) is 121 cm³/mol. The van der Waals surface area contributed by atoms with Gasteiger partial charge in [-0.15, -0.1) is 0 Å². The second kappa shape index (κ2) is 8.53. The Hall–Kier alpha value is -3.36. The molecule has 170 valence electrons. The number of benzene rings is 1. The Balaban J connectivity index is 1.81. The van der Waals surface area contributed by atoms with Crippen molar-refractivity contribution in [3.8, 4) is 6.07 Å². The number of amidine groups is 1. The lowest BCUT2D eigenvalue weighted by Crippen LogP contribution is -2.45. The number of aliphatic hydroxyl groups excluding tert-OH is 1. The molecule has 1 aromatic carbocycles. The highest BCUT2D eigenvalue weighted by atomic mass is 32.2. The van der Waals surface area contributed by atoms with Crippen LogP contribution in [-0.2, 0) is 5.54 Å². The van der Waals surface area contributed by atoms with Crippen LogP contribution in [0.4, 0.5) is 24.7 Å². The molecule has 3 aromatic rings. The topological polar surface area (TPSA) is 120 Å². The van der Waals surface area contributed by atoms with Gasteiger partial charge in [-0.3, -0.25) is 4.98 Å². The van der Waals surface area contributed by atoms with E-state index in [9.17, 15) is 18.3 Å². The molecule has 0 unspecified atom stereocenters. The first-order valence-electron chi connectivity index (χ1n) is 9.85. The van der Waals surface area contributed by atoms with E-state index in [2.05, 4.69) is 20.3 Å². The molecule has 4 rings (SSSR count). The molecular weight excluding hydrogens is 453 g/mol. The van der Waals surface area contributed by atoms with Crippen molar-refractivity contribution in [2.75, 3.05) is 18.6 Å². The first kappa shape index (κ1) is 22.8. The number of hydrogen-bond acceptors (Lipinski definition) is 8. The van der Waals surface area contributed by atoms with Crippen LogP contribution in [0, 0.1) is 23.0 Å². The van der Waals surface area contributed by atoms with Crippen LogP contribution in [0.5, 0.6) is 0 Å². The molecule has 3 heterocycles. The zero-order chi connectivity index (χ0) is 23.8. The fourth-order valence-electron chi connectivity index (χ4n) is 3.92. The quantitative estimate of drug-likeness (QED) is 0.515. The Labute approximate surface area is 191 Å². The molecule has 2 aromatic heterocycles. The van der Waals surface area contributed by atoms with E-state index in [1.54, 1.807) is 19.1 Å². The molecule has 0 aliphatic carbocycles. The molecule has 4 N–H and O–H groups in total. The minimum Gasteiger partial charge on any atom is -0.395 e. The van der Waals surface area contributed by atoms with Gasteiger partial charge in [0.2, 0.25) is 0 Å². The third kappa shape index (κ3) is 4.19. The molecule has 0 spiro atoms. The van der Waals surface area contributed by atoms with Gasteiger partial charge >= 0.3 is 0 Å². The van der Waals surface area contributed by atoms with Gasteiger partial charge in [-0.1, -0.05) is 11.8 Å². The molecular formula is C22H19F3N6OS. The molecule has 1 aliphatic rings.